The Hall–Kier alpha value is -0.580. The smallest absolute Gasteiger partial charge is 0.307 e. The van der Waals surface area contributed by atoms with Gasteiger partial charge >= 0.3 is 13.1 Å². The zero-order valence-corrected chi connectivity index (χ0v) is 16.9. The number of aryl methyl sites for hydroxylation is 1. The van der Waals surface area contributed by atoms with Crippen molar-refractivity contribution in [3.05, 3.63) is 23.8 Å². The standard InChI is InChI=1S/C14H20F3O6PS2/c1-4-11-8-7-9-12(25-14(15,16)17)13(11)26(19,20)23-10-24(18,21-5-2)22-6-3/h7-9H,4-6,10H2,1-3H3. The summed E-state index contributed by atoms with van der Waals surface area (Å²) in [6, 6.07) is 3.76. The van der Waals surface area contributed by atoms with Crippen molar-refractivity contribution in [1.82, 2.24) is 0 Å². The third-order valence-corrected chi connectivity index (χ3v) is 7.19. The Morgan fingerprint density at radius 2 is 1.69 bits per heavy atom. The summed E-state index contributed by atoms with van der Waals surface area (Å²) in [6.07, 6.45) is -0.760. The SMILES string of the molecule is CCOP(=O)(COS(=O)(=O)c1c(CC)cccc1SC(F)(F)F)OCC. The third kappa shape index (κ3) is 6.86. The summed E-state index contributed by atoms with van der Waals surface area (Å²) in [5.41, 5.74) is -4.52. The molecule has 0 heterocycles. The van der Waals surface area contributed by atoms with E-state index in [9.17, 15) is 26.2 Å². The summed E-state index contributed by atoms with van der Waals surface area (Å²) in [6.45, 7) is 4.64. The molecule has 12 heteroatoms. The van der Waals surface area contributed by atoms with Crippen LogP contribution in [0.25, 0.3) is 0 Å². The van der Waals surface area contributed by atoms with Crippen LogP contribution in [0.1, 0.15) is 26.3 Å². The van der Waals surface area contributed by atoms with Gasteiger partial charge in [-0.1, -0.05) is 19.1 Å². The van der Waals surface area contributed by atoms with Crippen LogP contribution in [0, 0.1) is 0 Å². The van der Waals surface area contributed by atoms with Crippen molar-refractivity contribution in [2.75, 3.05) is 19.6 Å². The number of hydrogen-bond acceptors (Lipinski definition) is 7. The second-order valence-electron chi connectivity index (χ2n) is 4.79. The Morgan fingerprint density at radius 1 is 1.12 bits per heavy atom. The van der Waals surface area contributed by atoms with Crippen molar-refractivity contribution in [1.29, 1.82) is 0 Å². The molecule has 6 nitrogen and oxygen atoms in total. The van der Waals surface area contributed by atoms with Gasteiger partial charge in [-0.2, -0.15) is 21.6 Å². The average molecular weight is 436 g/mol. The van der Waals surface area contributed by atoms with Gasteiger partial charge in [0.15, 0.2) is 6.35 Å². The number of alkyl halides is 3. The van der Waals surface area contributed by atoms with E-state index in [0.717, 1.165) is 6.07 Å². The van der Waals surface area contributed by atoms with Crippen molar-refractivity contribution in [2.45, 2.75) is 42.5 Å². The lowest BCUT2D eigenvalue weighted by Gasteiger charge is -2.18. The highest BCUT2D eigenvalue weighted by Gasteiger charge is 2.35. The number of thioether (sulfide) groups is 1. The van der Waals surface area contributed by atoms with Crippen LogP contribution in [-0.2, 0) is 34.3 Å². The largest absolute Gasteiger partial charge is 0.446 e. The zero-order chi connectivity index (χ0) is 20.0. The van der Waals surface area contributed by atoms with Gasteiger partial charge < -0.3 is 9.05 Å². The number of benzene rings is 1. The molecule has 0 atom stereocenters. The molecule has 0 spiro atoms. The van der Waals surface area contributed by atoms with Crippen LogP contribution in [0.15, 0.2) is 28.0 Å². The maximum absolute atomic E-state index is 12.8. The molecular weight excluding hydrogens is 416 g/mol. The highest BCUT2D eigenvalue weighted by atomic mass is 32.2. The molecule has 0 N–H and O–H groups in total. The van der Waals surface area contributed by atoms with Gasteiger partial charge in [-0.25, -0.2) is 0 Å². The van der Waals surface area contributed by atoms with Crippen LogP contribution in [0.2, 0.25) is 0 Å². The molecule has 1 aromatic carbocycles. The molecule has 0 aromatic heterocycles. The highest BCUT2D eigenvalue weighted by molar-refractivity contribution is 8.00. The lowest BCUT2D eigenvalue weighted by molar-refractivity contribution is -0.0329. The minimum Gasteiger partial charge on any atom is -0.307 e. The second-order valence-corrected chi connectivity index (χ2v) is 9.45. The molecule has 0 saturated carbocycles. The van der Waals surface area contributed by atoms with E-state index in [1.807, 2.05) is 0 Å². The molecular formula is C14H20F3O6PS2. The van der Waals surface area contributed by atoms with E-state index >= 15 is 0 Å². The predicted molar refractivity (Wildman–Crippen MR) is 91.7 cm³/mol. The van der Waals surface area contributed by atoms with Crippen molar-refractivity contribution in [3.63, 3.8) is 0 Å². The van der Waals surface area contributed by atoms with E-state index in [-0.39, 0.29) is 25.2 Å². The summed E-state index contributed by atoms with van der Waals surface area (Å²) >= 11 is -0.553. The molecule has 0 aliphatic heterocycles. The first-order chi connectivity index (χ1) is 12.0. The molecule has 1 rings (SSSR count). The Morgan fingerprint density at radius 3 is 2.15 bits per heavy atom. The molecule has 0 aliphatic rings. The monoisotopic (exact) mass is 436 g/mol. The molecule has 0 aliphatic carbocycles. The fraction of sp³-hybridized carbons (Fsp3) is 0.571. The van der Waals surface area contributed by atoms with E-state index < -0.39 is 51.1 Å². The Balaban J connectivity index is 3.24. The van der Waals surface area contributed by atoms with Gasteiger partial charge in [-0.05, 0) is 43.7 Å². The summed E-state index contributed by atoms with van der Waals surface area (Å²) in [5, 5.41) is 0. The van der Waals surface area contributed by atoms with Crippen LogP contribution < -0.4 is 0 Å². The second kappa shape index (κ2) is 9.57. The van der Waals surface area contributed by atoms with Crippen LogP contribution in [0.3, 0.4) is 0 Å². The summed E-state index contributed by atoms with van der Waals surface area (Å²) in [4.78, 5) is -1.11. The minimum absolute atomic E-state index is 0.0125. The van der Waals surface area contributed by atoms with E-state index in [1.165, 1.54) is 26.0 Å². The summed E-state index contributed by atoms with van der Waals surface area (Å²) < 4.78 is 90.3. The Kier molecular flexibility index (Phi) is 8.63. The normalized spacial score (nSPS) is 13.2. The Bertz CT molecular complexity index is 742. The molecule has 1 aromatic rings. The van der Waals surface area contributed by atoms with Gasteiger partial charge in [0.2, 0.25) is 0 Å². The van der Waals surface area contributed by atoms with Crippen molar-refractivity contribution < 1.29 is 39.4 Å². The molecule has 26 heavy (non-hydrogen) atoms. The van der Waals surface area contributed by atoms with Crippen LogP contribution in [0.5, 0.6) is 0 Å². The predicted octanol–water partition coefficient (Wildman–Crippen LogP) is 4.79. The molecule has 150 valence electrons. The van der Waals surface area contributed by atoms with Gasteiger partial charge in [0.05, 0.1) is 13.2 Å². The molecule has 0 fully saturated rings. The first kappa shape index (κ1) is 23.5. The van der Waals surface area contributed by atoms with Crippen molar-refractivity contribution in [3.8, 4) is 0 Å². The minimum atomic E-state index is -4.68. The zero-order valence-electron chi connectivity index (χ0n) is 14.4. The maximum Gasteiger partial charge on any atom is 0.446 e. The van der Waals surface area contributed by atoms with E-state index in [0.29, 0.717) is 0 Å². The van der Waals surface area contributed by atoms with E-state index in [2.05, 4.69) is 0 Å². The number of hydrogen-bond donors (Lipinski definition) is 0. The van der Waals surface area contributed by atoms with Crippen molar-refractivity contribution in [2.24, 2.45) is 0 Å². The molecule has 0 radical (unpaired) electrons. The number of rotatable bonds is 10. The van der Waals surface area contributed by atoms with Gasteiger partial charge in [0.25, 0.3) is 10.1 Å². The van der Waals surface area contributed by atoms with Crippen LogP contribution >= 0.6 is 19.4 Å². The van der Waals surface area contributed by atoms with Crippen LogP contribution in [-0.4, -0.2) is 33.5 Å². The van der Waals surface area contributed by atoms with Gasteiger partial charge in [-0.3, -0.25) is 8.75 Å². The first-order valence-electron chi connectivity index (χ1n) is 7.63. The summed E-state index contributed by atoms with van der Waals surface area (Å²) in [7, 11) is -8.48. The fourth-order valence-electron chi connectivity index (χ4n) is 2.03. The van der Waals surface area contributed by atoms with E-state index in [4.69, 9.17) is 13.2 Å². The third-order valence-electron chi connectivity index (χ3n) is 2.93. The number of halogens is 3. The Labute approximate surface area is 155 Å². The van der Waals surface area contributed by atoms with Gasteiger partial charge in [0, 0.05) is 4.90 Å². The van der Waals surface area contributed by atoms with Crippen molar-refractivity contribution >= 4 is 29.5 Å². The highest BCUT2D eigenvalue weighted by Crippen LogP contribution is 2.49. The lowest BCUT2D eigenvalue weighted by atomic mass is 10.2. The average Bonchev–Trinajstić information content (AvgIpc) is 2.52. The fourth-order valence-corrected chi connectivity index (χ4v) is 6.13. The quantitative estimate of drug-likeness (QED) is 0.296. The molecule has 0 saturated heterocycles. The summed E-state index contributed by atoms with van der Waals surface area (Å²) in [5.74, 6) is 0. The lowest BCUT2D eigenvalue weighted by Crippen LogP contribution is -2.14. The van der Waals surface area contributed by atoms with Gasteiger partial charge in [-0.15, -0.1) is 0 Å². The molecule has 0 unspecified atom stereocenters. The molecule has 0 bridgehead atoms. The van der Waals surface area contributed by atoms with E-state index in [1.54, 1.807) is 6.92 Å². The topological polar surface area (TPSA) is 78.9 Å². The first-order valence-corrected chi connectivity index (χ1v) is 11.6. The van der Waals surface area contributed by atoms with Crippen LogP contribution in [0.4, 0.5) is 13.2 Å². The van der Waals surface area contributed by atoms with Gasteiger partial charge in [0.1, 0.15) is 4.90 Å². The molecule has 0 amide bonds. The maximum atomic E-state index is 12.8.